The van der Waals surface area contributed by atoms with Gasteiger partial charge in [0.1, 0.15) is 0 Å². The molecule has 0 aliphatic carbocycles. The van der Waals surface area contributed by atoms with Gasteiger partial charge in [-0.05, 0) is 6.42 Å². The second-order valence-corrected chi connectivity index (χ2v) is 7.47. The highest BCUT2D eigenvalue weighted by atomic mass is 14.0. The smallest absolute Gasteiger partial charge is 0.0198 e. The third kappa shape index (κ3) is 21.6. The van der Waals surface area contributed by atoms with Crippen LogP contribution in [0.2, 0.25) is 0 Å². The molecule has 0 saturated carbocycles. The first-order valence-electron chi connectivity index (χ1n) is 11.2. The topological polar surface area (TPSA) is 0 Å². The highest BCUT2D eigenvalue weighted by Crippen LogP contribution is 2.14. The highest BCUT2D eigenvalue weighted by Gasteiger charge is 1.95. The molecule has 0 aromatic heterocycles. The molecule has 0 nitrogen and oxygen atoms in total. The summed E-state index contributed by atoms with van der Waals surface area (Å²) < 4.78 is 0. The maximum Gasteiger partial charge on any atom is 0.0198 e. The fourth-order valence-electron chi connectivity index (χ4n) is 3.38. The molecule has 0 atom stereocenters. The van der Waals surface area contributed by atoms with Crippen molar-refractivity contribution in [2.45, 2.75) is 135 Å². The van der Waals surface area contributed by atoms with E-state index in [4.69, 9.17) is 0 Å². The zero-order valence-corrected chi connectivity index (χ0v) is 16.8. The van der Waals surface area contributed by atoms with Crippen molar-refractivity contribution in [2.75, 3.05) is 0 Å². The number of unbranched alkanes of at least 4 members (excludes halogenated alkanes) is 19. The zero-order valence-electron chi connectivity index (χ0n) is 16.8. The van der Waals surface area contributed by atoms with E-state index in [1.165, 1.54) is 122 Å². The van der Waals surface area contributed by atoms with Crippen LogP contribution in [-0.2, 0) is 0 Å². The van der Waals surface area contributed by atoms with Crippen molar-refractivity contribution in [3.05, 3.63) is 6.92 Å². The fourth-order valence-corrected chi connectivity index (χ4v) is 3.38. The molecule has 0 saturated heterocycles. The summed E-state index contributed by atoms with van der Waals surface area (Å²) in [7, 11) is 0. The molecule has 0 rings (SSSR count). The number of hydrogen-bond donors (Lipinski definition) is 0. The Balaban J connectivity index is 2.96. The summed E-state index contributed by atoms with van der Waals surface area (Å²) in [6.07, 6.45) is 28.4. The molecule has 24 heavy (non-hydrogen) atoms. The second kappa shape index (κ2) is 22.6. The van der Waals surface area contributed by atoms with E-state index in [1.807, 2.05) is 0 Å². The minimum atomic E-state index is 1.04. The lowest BCUT2D eigenvalue weighted by Crippen LogP contribution is -1.84. The highest BCUT2D eigenvalue weighted by molar-refractivity contribution is 5.00. The number of hydrogen-bond acceptors (Lipinski definition) is 0. The van der Waals surface area contributed by atoms with Gasteiger partial charge in [0.25, 0.3) is 0 Å². The first-order valence-corrected chi connectivity index (χ1v) is 11.2. The summed E-state index contributed by atoms with van der Waals surface area (Å²) in [6.45, 7) is 5.84. The molecule has 0 unspecified atom stereocenters. The average molecular weight is 334 g/mol. The van der Waals surface area contributed by atoms with Crippen molar-refractivity contribution in [1.82, 2.24) is 0 Å². The Hall–Kier alpha value is -0.440. The quantitative estimate of drug-likeness (QED) is 0.164. The second-order valence-electron chi connectivity index (χ2n) is 7.47. The molecule has 0 N–H and O–H groups in total. The molecular weight excluding hydrogens is 288 g/mol. The minimum absolute atomic E-state index is 1.04. The van der Waals surface area contributed by atoms with Gasteiger partial charge in [0, 0.05) is 13.3 Å². The van der Waals surface area contributed by atoms with Crippen molar-refractivity contribution < 1.29 is 0 Å². The monoisotopic (exact) mass is 333 g/mol. The van der Waals surface area contributed by atoms with Crippen LogP contribution >= 0.6 is 0 Å². The Morgan fingerprint density at radius 1 is 0.458 bits per heavy atom. The summed E-state index contributed by atoms with van der Waals surface area (Å²) in [5, 5.41) is 0. The zero-order chi connectivity index (χ0) is 17.6. The van der Waals surface area contributed by atoms with Gasteiger partial charge < -0.3 is 0 Å². The van der Waals surface area contributed by atoms with Crippen LogP contribution in [0.3, 0.4) is 0 Å². The van der Waals surface area contributed by atoms with Crippen LogP contribution in [0.5, 0.6) is 0 Å². The summed E-state index contributed by atoms with van der Waals surface area (Å²) in [6, 6.07) is 0. The van der Waals surface area contributed by atoms with Crippen molar-refractivity contribution in [3.8, 4) is 11.8 Å². The molecular formula is C24H45. The molecule has 141 valence electrons. The maximum atomic E-state index is 3.54. The predicted octanol–water partition coefficient (Wildman–Crippen LogP) is 8.65. The Kier molecular flexibility index (Phi) is 22.1. The summed E-state index contributed by atoms with van der Waals surface area (Å²) in [4.78, 5) is 0. The van der Waals surface area contributed by atoms with Crippen LogP contribution in [0, 0.1) is 18.8 Å². The van der Waals surface area contributed by atoms with Gasteiger partial charge in [0.05, 0.1) is 0 Å². The third-order valence-corrected chi connectivity index (χ3v) is 5.03. The van der Waals surface area contributed by atoms with Crippen LogP contribution in [-0.4, -0.2) is 0 Å². The molecule has 1 radical (unpaired) electrons. The Bertz CT molecular complexity index is 267. The molecule has 0 aliphatic rings. The van der Waals surface area contributed by atoms with E-state index in [9.17, 15) is 0 Å². The van der Waals surface area contributed by atoms with Crippen LogP contribution in [0.4, 0.5) is 0 Å². The molecule has 0 heterocycles. The van der Waals surface area contributed by atoms with Gasteiger partial charge >= 0.3 is 0 Å². The first-order chi connectivity index (χ1) is 11.9. The van der Waals surface area contributed by atoms with E-state index in [1.54, 1.807) is 0 Å². The van der Waals surface area contributed by atoms with E-state index in [-0.39, 0.29) is 0 Å². The van der Waals surface area contributed by atoms with Crippen LogP contribution < -0.4 is 0 Å². The molecule has 0 spiro atoms. The average Bonchev–Trinajstić information content (AvgIpc) is 2.60. The third-order valence-electron chi connectivity index (χ3n) is 5.03. The molecule has 0 bridgehead atoms. The van der Waals surface area contributed by atoms with Gasteiger partial charge in [-0.3, -0.25) is 0 Å². The summed E-state index contributed by atoms with van der Waals surface area (Å²) in [5.74, 6) is 5.77. The van der Waals surface area contributed by atoms with Crippen molar-refractivity contribution in [2.24, 2.45) is 0 Å². The summed E-state index contributed by atoms with van der Waals surface area (Å²) >= 11 is 0. The largest absolute Gasteiger partial charge is 0.103 e. The van der Waals surface area contributed by atoms with E-state index in [0.29, 0.717) is 0 Å². The summed E-state index contributed by atoms with van der Waals surface area (Å²) in [5.41, 5.74) is 0. The van der Waals surface area contributed by atoms with Crippen LogP contribution in [0.1, 0.15) is 135 Å². The molecule has 0 aromatic carbocycles. The predicted molar refractivity (Wildman–Crippen MR) is 111 cm³/mol. The van der Waals surface area contributed by atoms with Gasteiger partial charge in [0.15, 0.2) is 0 Å². The van der Waals surface area contributed by atoms with E-state index in [2.05, 4.69) is 25.7 Å². The lowest BCUT2D eigenvalue weighted by molar-refractivity contribution is 0.524. The standard InChI is InChI=1S/C24H45/c1-3-5-7-9-11-13-15-17-19-21-23-24-22-20-18-16-14-12-10-8-6-4-2/h1,4,6-24H2,2H3. The lowest BCUT2D eigenvalue weighted by atomic mass is 10.0. The van der Waals surface area contributed by atoms with E-state index >= 15 is 0 Å². The Morgan fingerprint density at radius 2 is 0.750 bits per heavy atom. The van der Waals surface area contributed by atoms with Crippen molar-refractivity contribution in [3.63, 3.8) is 0 Å². The van der Waals surface area contributed by atoms with Gasteiger partial charge in [-0.25, -0.2) is 0 Å². The Morgan fingerprint density at radius 3 is 1.04 bits per heavy atom. The van der Waals surface area contributed by atoms with Crippen LogP contribution in [0.15, 0.2) is 0 Å². The van der Waals surface area contributed by atoms with Gasteiger partial charge in [-0.15, -0.1) is 11.8 Å². The molecule has 0 heteroatoms. The SMILES string of the molecule is [CH2]C#CCCCCCCCCCCCCCCCCCCCCC. The normalized spacial score (nSPS) is 10.6. The van der Waals surface area contributed by atoms with Crippen molar-refractivity contribution in [1.29, 1.82) is 0 Å². The van der Waals surface area contributed by atoms with Gasteiger partial charge in [-0.2, -0.15) is 0 Å². The fraction of sp³-hybridized carbons (Fsp3) is 0.875. The Labute approximate surface area is 154 Å². The lowest BCUT2D eigenvalue weighted by Gasteiger charge is -2.03. The maximum absolute atomic E-state index is 3.54. The molecule has 0 fully saturated rings. The van der Waals surface area contributed by atoms with E-state index < -0.39 is 0 Å². The van der Waals surface area contributed by atoms with Crippen molar-refractivity contribution >= 4 is 0 Å². The van der Waals surface area contributed by atoms with Gasteiger partial charge in [0.2, 0.25) is 0 Å². The molecule has 0 amide bonds. The van der Waals surface area contributed by atoms with E-state index in [0.717, 1.165) is 6.42 Å². The molecule has 0 aliphatic heterocycles. The van der Waals surface area contributed by atoms with Gasteiger partial charge in [-0.1, -0.05) is 122 Å². The number of rotatable bonds is 19. The van der Waals surface area contributed by atoms with Crippen LogP contribution in [0.25, 0.3) is 0 Å². The first kappa shape index (κ1) is 23.6. The minimum Gasteiger partial charge on any atom is -0.103 e. The molecule has 0 aromatic rings.